The summed E-state index contributed by atoms with van der Waals surface area (Å²) in [6, 6.07) is 49.1. The van der Waals surface area contributed by atoms with E-state index in [4.69, 9.17) is 13.3 Å². The summed E-state index contributed by atoms with van der Waals surface area (Å²) >= 11 is 0. The Hall–Kier alpha value is -7.18. The number of para-hydroxylation sites is 2. The van der Waals surface area contributed by atoms with E-state index in [0.29, 0.717) is 0 Å². The molecular weight excluding hydrogens is 807 g/mol. The Kier molecular flexibility index (Phi) is 7.39. The van der Waals surface area contributed by atoms with E-state index in [2.05, 4.69) is 180 Å². The highest BCUT2D eigenvalue weighted by molar-refractivity contribution is 6.73. The molecule has 2 aliphatic rings. The van der Waals surface area contributed by atoms with Crippen LogP contribution in [-0.4, -0.2) is 11.8 Å². The largest absolute Gasteiger partial charge is 0.456 e. The van der Waals surface area contributed by atoms with Gasteiger partial charge in [-0.3, -0.25) is 0 Å². The number of hydrogen-bond acceptors (Lipinski definition) is 4. The molecule has 8 aromatic carbocycles. The van der Waals surface area contributed by atoms with E-state index >= 15 is 0 Å². The highest BCUT2D eigenvalue weighted by Gasteiger charge is 2.38. The van der Waals surface area contributed by atoms with Crippen molar-refractivity contribution >= 4 is 117 Å². The molecule has 1 aliphatic heterocycles. The number of nitrogens with zero attached hydrogens (tertiary/aromatic N) is 1. The number of benzene rings is 8. The Balaban J connectivity index is 1.06. The fourth-order valence-electron chi connectivity index (χ4n) is 11.8. The highest BCUT2D eigenvalue weighted by atomic mass is 16.3. The van der Waals surface area contributed by atoms with Gasteiger partial charge in [-0.2, -0.15) is 0 Å². The predicted octanol–water partition coefficient (Wildman–Crippen LogP) is 15.2. The van der Waals surface area contributed by atoms with E-state index in [9.17, 15) is 0 Å². The van der Waals surface area contributed by atoms with Gasteiger partial charge in [0, 0.05) is 77.3 Å². The summed E-state index contributed by atoms with van der Waals surface area (Å²) in [5.74, 6) is 0. The molecule has 1 N–H and O–H groups in total. The average molecular weight is 857 g/mol. The third-order valence-corrected chi connectivity index (χ3v) is 15.6. The zero-order valence-electron chi connectivity index (χ0n) is 38.5. The van der Waals surface area contributed by atoms with Crippen molar-refractivity contribution in [3.05, 3.63) is 150 Å². The van der Waals surface area contributed by atoms with E-state index < -0.39 is 0 Å². The molecule has 5 nitrogen and oxygen atoms in total. The van der Waals surface area contributed by atoms with Gasteiger partial charge in [0.1, 0.15) is 33.5 Å². The van der Waals surface area contributed by atoms with Gasteiger partial charge in [-0.1, -0.05) is 115 Å². The van der Waals surface area contributed by atoms with E-state index in [1.54, 1.807) is 0 Å². The molecule has 0 unspecified atom stereocenters. The molecule has 0 saturated carbocycles. The van der Waals surface area contributed by atoms with Gasteiger partial charge in [0.25, 0.3) is 0 Å². The van der Waals surface area contributed by atoms with Crippen molar-refractivity contribution in [2.45, 2.75) is 77.6 Å². The monoisotopic (exact) mass is 856 g/mol. The maximum Gasteiger partial charge on any atom is 0.198 e. The lowest BCUT2D eigenvalue weighted by atomic mass is 9.59. The van der Waals surface area contributed by atoms with Gasteiger partial charge in [-0.25, -0.2) is 0 Å². The maximum absolute atomic E-state index is 7.00. The van der Waals surface area contributed by atoms with Crippen molar-refractivity contribution in [2.75, 3.05) is 5.32 Å². The zero-order valence-corrected chi connectivity index (χ0v) is 38.5. The van der Waals surface area contributed by atoms with Crippen LogP contribution >= 0.6 is 0 Å². The second-order valence-electron chi connectivity index (χ2n) is 21.6. The van der Waals surface area contributed by atoms with Gasteiger partial charge < -0.3 is 23.1 Å². The maximum atomic E-state index is 7.00. The summed E-state index contributed by atoms with van der Waals surface area (Å²) in [6.07, 6.45) is 2.31. The first kappa shape index (κ1) is 38.1. The molecule has 1 aliphatic carbocycles. The number of anilines is 2. The first-order chi connectivity index (χ1) is 31.8. The SMILES string of the molecule is CC(C)(C)c1ccc(Nc2cc3c(cc2-c2ccc4c5cc6c(cc5n5c4c2Bc2cc4oc7ccccc7c4cc2-5)oc2ccccc26)oc2cc4c(cc23)C(C)(C)CCC4(C)C)cc1. The van der Waals surface area contributed by atoms with Crippen LogP contribution in [0.2, 0.25) is 0 Å². The summed E-state index contributed by atoms with van der Waals surface area (Å²) in [5.41, 5.74) is 20.2. The van der Waals surface area contributed by atoms with Crippen molar-refractivity contribution < 1.29 is 13.3 Å². The van der Waals surface area contributed by atoms with Crippen LogP contribution in [0.1, 0.15) is 78.0 Å². The normalized spacial score (nSPS) is 15.4. The van der Waals surface area contributed by atoms with Crippen molar-refractivity contribution in [2.24, 2.45) is 0 Å². The number of nitrogens with one attached hydrogen (secondary N) is 1. The highest BCUT2D eigenvalue weighted by Crippen LogP contribution is 2.50. The zero-order chi connectivity index (χ0) is 44.6. The Bertz CT molecular complexity index is 4090. The molecule has 0 atom stereocenters. The second kappa shape index (κ2) is 12.8. The second-order valence-corrected chi connectivity index (χ2v) is 21.6. The van der Waals surface area contributed by atoms with Gasteiger partial charge in [0.05, 0.1) is 5.52 Å². The minimum absolute atomic E-state index is 0.0518. The molecule has 12 aromatic rings. The van der Waals surface area contributed by atoms with E-state index in [1.807, 2.05) is 12.1 Å². The topological polar surface area (TPSA) is 56.4 Å². The molecule has 66 heavy (non-hydrogen) atoms. The molecule has 0 amide bonds. The average Bonchev–Trinajstić information content (AvgIpc) is 4.05. The molecule has 320 valence electrons. The lowest BCUT2D eigenvalue weighted by Gasteiger charge is -2.41. The molecule has 4 aromatic heterocycles. The third kappa shape index (κ3) is 5.30. The van der Waals surface area contributed by atoms with Crippen LogP contribution in [0.25, 0.3) is 104 Å². The van der Waals surface area contributed by atoms with E-state index in [0.717, 1.165) is 103 Å². The number of furan rings is 3. The molecule has 14 rings (SSSR count). The number of hydrogen-bond donors (Lipinski definition) is 1. The molecule has 0 spiro atoms. The van der Waals surface area contributed by atoms with Gasteiger partial charge >= 0.3 is 0 Å². The van der Waals surface area contributed by atoms with Crippen LogP contribution in [0, 0.1) is 0 Å². The minimum Gasteiger partial charge on any atom is -0.456 e. The molecule has 6 heteroatoms. The smallest absolute Gasteiger partial charge is 0.198 e. The lowest BCUT2D eigenvalue weighted by Crippen LogP contribution is -2.37. The number of rotatable bonds is 3. The van der Waals surface area contributed by atoms with Gasteiger partial charge in [-0.15, -0.1) is 0 Å². The Morgan fingerprint density at radius 1 is 0.515 bits per heavy atom. The number of aromatic nitrogens is 1. The van der Waals surface area contributed by atoms with Crippen LogP contribution in [0.15, 0.2) is 147 Å². The van der Waals surface area contributed by atoms with Crippen LogP contribution in [0.4, 0.5) is 11.4 Å². The van der Waals surface area contributed by atoms with Crippen LogP contribution in [-0.2, 0) is 16.2 Å². The van der Waals surface area contributed by atoms with Crippen LogP contribution < -0.4 is 16.2 Å². The Labute approximate surface area is 383 Å². The summed E-state index contributed by atoms with van der Waals surface area (Å²) in [7, 11) is 0.735. The van der Waals surface area contributed by atoms with Gasteiger partial charge in [0.15, 0.2) is 7.28 Å². The first-order valence-corrected chi connectivity index (χ1v) is 23.6. The van der Waals surface area contributed by atoms with Gasteiger partial charge in [0.2, 0.25) is 0 Å². The standard InChI is InChI=1S/C60H49BN2O3/c1-58(2,3)32-16-18-33(19-17-32)62-47-26-42-41-25-44-45(60(6,7)23-22-59(44,4)5)29-53(41)66-52(42)28-38(47)36-20-21-37-39-24-40-34-12-8-10-14-50(34)65-55(40)31-48(39)63-49-27-43-35-13-9-11-15-51(35)64-54(43)30-46(49)61-56(36)57(37)63/h8-21,24-31,61-62H,22-23H2,1-7H3. The summed E-state index contributed by atoms with van der Waals surface area (Å²) < 4.78 is 22.6. The molecule has 0 bridgehead atoms. The molecular formula is C60H49BN2O3. The van der Waals surface area contributed by atoms with Crippen molar-refractivity contribution in [3.63, 3.8) is 0 Å². The van der Waals surface area contributed by atoms with Crippen molar-refractivity contribution in [1.29, 1.82) is 0 Å². The molecule has 0 saturated heterocycles. The van der Waals surface area contributed by atoms with Crippen molar-refractivity contribution in [1.82, 2.24) is 4.57 Å². The van der Waals surface area contributed by atoms with Crippen LogP contribution in [0.5, 0.6) is 0 Å². The van der Waals surface area contributed by atoms with Crippen LogP contribution in [0.3, 0.4) is 0 Å². The molecule has 0 radical (unpaired) electrons. The first-order valence-electron chi connectivity index (χ1n) is 23.6. The fourth-order valence-corrected chi connectivity index (χ4v) is 11.8. The quantitative estimate of drug-likeness (QED) is 0.180. The van der Waals surface area contributed by atoms with Gasteiger partial charge in [-0.05, 0) is 124 Å². The summed E-state index contributed by atoms with van der Waals surface area (Å²) in [4.78, 5) is 0. The fraction of sp³-hybridized carbons (Fsp3) is 0.200. The Morgan fingerprint density at radius 3 is 1.82 bits per heavy atom. The summed E-state index contributed by atoms with van der Waals surface area (Å²) in [6.45, 7) is 16.4. The van der Waals surface area contributed by atoms with Crippen molar-refractivity contribution in [3.8, 4) is 16.8 Å². The molecule has 5 heterocycles. The van der Waals surface area contributed by atoms with E-state index in [-0.39, 0.29) is 16.2 Å². The predicted molar refractivity (Wildman–Crippen MR) is 278 cm³/mol. The minimum atomic E-state index is 0.0518. The molecule has 0 fully saturated rings. The summed E-state index contributed by atoms with van der Waals surface area (Å²) in [5, 5.41) is 13.2. The Morgan fingerprint density at radius 2 is 1.11 bits per heavy atom. The third-order valence-electron chi connectivity index (χ3n) is 15.6. The van der Waals surface area contributed by atoms with E-state index in [1.165, 1.54) is 60.5 Å². The lowest BCUT2D eigenvalue weighted by molar-refractivity contribution is 0.332. The number of fused-ring (bicyclic) bond motifs is 15.